The molecule has 0 bridgehead atoms. The average Bonchev–Trinajstić information content (AvgIpc) is 2.41. The fourth-order valence-electron chi connectivity index (χ4n) is 1.17. The van der Waals surface area contributed by atoms with Crippen LogP contribution in [0.25, 0.3) is 0 Å². The molecule has 0 atom stereocenters. The molecule has 4 N–H and O–H groups in total. The number of carbonyl (C=O) groups is 2. The molecule has 6 heteroatoms. The van der Waals surface area contributed by atoms with Crippen LogP contribution in [-0.2, 0) is 16.8 Å². The van der Waals surface area contributed by atoms with Crippen LogP contribution in [0.2, 0.25) is 0 Å². The number of rotatable bonds is 2. The minimum absolute atomic E-state index is 0. The number of phenols is 2. The van der Waals surface area contributed by atoms with Crippen molar-refractivity contribution in [2.45, 2.75) is 0 Å². The molecule has 2 aromatic rings. The van der Waals surface area contributed by atoms with E-state index in [0.717, 1.165) is 0 Å². The van der Waals surface area contributed by atoms with Crippen molar-refractivity contribution >= 4 is 12.6 Å². The van der Waals surface area contributed by atoms with Gasteiger partial charge in [-0.3, -0.25) is 9.59 Å². The molecule has 0 spiro atoms. The zero-order chi connectivity index (χ0) is 13.4. The maximum Gasteiger partial charge on any atom is 0.153 e. The number of hydrogen-bond acceptors (Lipinski definition) is 4. The van der Waals surface area contributed by atoms with Crippen molar-refractivity contribution in [2.75, 3.05) is 0 Å². The first-order valence-electron chi connectivity index (χ1n) is 5.15. The zero-order valence-corrected chi connectivity index (χ0v) is 11.4. The quantitative estimate of drug-likeness (QED) is 0.819. The van der Waals surface area contributed by atoms with Crippen LogP contribution in [-0.4, -0.2) is 28.3 Å². The van der Waals surface area contributed by atoms with Crippen LogP contribution in [0, 0.1) is 0 Å². The molecule has 1 radical (unpaired) electrons. The summed E-state index contributed by atoms with van der Waals surface area (Å²) in [7, 11) is 0. The summed E-state index contributed by atoms with van der Waals surface area (Å²) in [6.07, 6.45) is 1.24. The van der Waals surface area contributed by atoms with Gasteiger partial charge in [-0.1, -0.05) is 24.3 Å². The van der Waals surface area contributed by atoms with E-state index in [0.29, 0.717) is 23.7 Å². The van der Waals surface area contributed by atoms with Crippen molar-refractivity contribution in [1.29, 1.82) is 0 Å². The van der Waals surface area contributed by atoms with Crippen LogP contribution < -0.4 is 0 Å². The third-order valence-corrected chi connectivity index (χ3v) is 2.13. The van der Waals surface area contributed by atoms with Crippen LogP contribution in [0.15, 0.2) is 48.5 Å². The standard InChI is InChI=1S/2C7H6O2.Co.H2O/c2*8-5-6-3-1-2-4-7(6)9;;/h2*1-5,9H;;1H2. The van der Waals surface area contributed by atoms with E-state index in [1.807, 2.05) is 0 Å². The molecule has 0 aromatic heterocycles. The second-order valence-corrected chi connectivity index (χ2v) is 3.35. The van der Waals surface area contributed by atoms with E-state index < -0.39 is 0 Å². The molecular weight excluding hydrogens is 307 g/mol. The van der Waals surface area contributed by atoms with E-state index in [9.17, 15) is 9.59 Å². The number of hydrogen-bond donors (Lipinski definition) is 2. The van der Waals surface area contributed by atoms with Crippen LogP contribution >= 0.6 is 0 Å². The Morgan fingerprint density at radius 2 is 1.00 bits per heavy atom. The minimum Gasteiger partial charge on any atom is -0.507 e. The molecule has 109 valence electrons. The number of benzene rings is 2. The van der Waals surface area contributed by atoms with Gasteiger partial charge < -0.3 is 15.7 Å². The Labute approximate surface area is 126 Å². The average molecular weight is 321 g/mol. The van der Waals surface area contributed by atoms with Crippen molar-refractivity contribution in [3.05, 3.63) is 59.7 Å². The Kier molecular flexibility index (Phi) is 10.8. The molecule has 0 unspecified atom stereocenters. The predicted molar refractivity (Wildman–Crippen MR) is 70.6 cm³/mol. The van der Waals surface area contributed by atoms with Crippen molar-refractivity contribution in [3.63, 3.8) is 0 Å². The summed E-state index contributed by atoms with van der Waals surface area (Å²) in [5.41, 5.74) is 0.662. The molecule has 0 saturated carbocycles. The third kappa shape index (κ3) is 6.14. The summed E-state index contributed by atoms with van der Waals surface area (Å²) in [6.45, 7) is 0. The molecular formula is C14H14CoO5. The van der Waals surface area contributed by atoms with Gasteiger partial charge in [-0.25, -0.2) is 0 Å². The van der Waals surface area contributed by atoms with Crippen molar-refractivity contribution in [3.8, 4) is 11.5 Å². The number of aromatic hydroxyl groups is 2. The van der Waals surface area contributed by atoms with Crippen LogP contribution in [0.4, 0.5) is 0 Å². The summed E-state index contributed by atoms with van der Waals surface area (Å²) in [5.74, 6) is 0.0694. The second kappa shape index (κ2) is 10.7. The molecule has 0 saturated heterocycles. The number of aldehydes is 2. The Morgan fingerprint density at radius 3 is 1.20 bits per heavy atom. The van der Waals surface area contributed by atoms with E-state index in [2.05, 4.69) is 0 Å². The van der Waals surface area contributed by atoms with Gasteiger partial charge in [-0.2, -0.15) is 0 Å². The van der Waals surface area contributed by atoms with E-state index in [1.165, 1.54) is 12.1 Å². The smallest absolute Gasteiger partial charge is 0.153 e. The summed E-state index contributed by atoms with van der Waals surface area (Å²) in [6, 6.07) is 12.8. The number of carbonyl (C=O) groups excluding carboxylic acids is 2. The van der Waals surface area contributed by atoms with E-state index in [1.54, 1.807) is 36.4 Å². The molecule has 0 fully saturated rings. The summed E-state index contributed by atoms with van der Waals surface area (Å²) >= 11 is 0. The van der Waals surface area contributed by atoms with Gasteiger partial charge in [-0.05, 0) is 24.3 Å². The fourth-order valence-corrected chi connectivity index (χ4v) is 1.17. The van der Waals surface area contributed by atoms with Gasteiger partial charge in [0.25, 0.3) is 0 Å². The topological polar surface area (TPSA) is 106 Å². The largest absolute Gasteiger partial charge is 0.507 e. The van der Waals surface area contributed by atoms with Gasteiger partial charge in [-0.15, -0.1) is 0 Å². The summed E-state index contributed by atoms with van der Waals surface area (Å²) < 4.78 is 0. The number of para-hydroxylation sites is 2. The first-order chi connectivity index (χ1) is 8.69. The van der Waals surface area contributed by atoms with Crippen LogP contribution in [0.5, 0.6) is 11.5 Å². The van der Waals surface area contributed by atoms with E-state index in [-0.39, 0.29) is 33.8 Å². The van der Waals surface area contributed by atoms with Gasteiger partial charge >= 0.3 is 0 Å². The minimum atomic E-state index is 0. The number of phenolic OH excluding ortho intramolecular Hbond substituents is 2. The molecule has 2 aromatic carbocycles. The first-order valence-corrected chi connectivity index (χ1v) is 5.15. The first kappa shape index (κ1) is 20.2. The fraction of sp³-hybridized carbons (Fsp3) is 0. The Morgan fingerprint density at radius 1 is 0.700 bits per heavy atom. The maximum absolute atomic E-state index is 10.1. The summed E-state index contributed by atoms with van der Waals surface area (Å²) in [5, 5.41) is 17.8. The maximum atomic E-state index is 10.1. The van der Waals surface area contributed by atoms with Gasteiger partial charge in [0.2, 0.25) is 0 Å². The van der Waals surface area contributed by atoms with Gasteiger partial charge in [0, 0.05) is 16.8 Å². The molecule has 0 aliphatic heterocycles. The molecule has 0 amide bonds. The van der Waals surface area contributed by atoms with Crippen LogP contribution in [0.1, 0.15) is 20.7 Å². The van der Waals surface area contributed by atoms with E-state index >= 15 is 0 Å². The zero-order valence-electron chi connectivity index (χ0n) is 10.3. The molecule has 0 aliphatic carbocycles. The van der Waals surface area contributed by atoms with Crippen LogP contribution in [0.3, 0.4) is 0 Å². The van der Waals surface area contributed by atoms with Gasteiger partial charge in [0.15, 0.2) is 12.6 Å². The van der Waals surface area contributed by atoms with Gasteiger partial charge in [0.1, 0.15) is 11.5 Å². The predicted octanol–water partition coefficient (Wildman–Crippen LogP) is 1.58. The van der Waals surface area contributed by atoms with Gasteiger partial charge in [0.05, 0.1) is 11.1 Å². The van der Waals surface area contributed by atoms with Crippen molar-refractivity contribution < 1.29 is 42.1 Å². The molecule has 20 heavy (non-hydrogen) atoms. The van der Waals surface area contributed by atoms with Crippen molar-refractivity contribution in [1.82, 2.24) is 0 Å². The molecule has 5 nitrogen and oxygen atoms in total. The SMILES string of the molecule is O.O=Cc1ccccc1O.O=Cc1ccccc1O.[Co]. The second-order valence-electron chi connectivity index (χ2n) is 3.35. The van der Waals surface area contributed by atoms with E-state index in [4.69, 9.17) is 10.2 Å². The Balaban J connectivity index is 0. The molecule has 0 aliphatic rings. The third-order valence-electron chi connectivity index (χ3n) is 2.13. The Bertz CT molecular complexity index is 493. The monoisotopic (exact) mass is 321 g/mol. The molecule has 2 rings (SSSR count). The summed E-state index contributed by atoms with van der Waals surface area (Å²) in [4.78, 5) is 20.1. The molecule has 0 heterocycles. The van der Waals surface area contributed by atoms with Crippen molar-refractivity contribution in [2.24, 2.45) is 0 Å². The normalized spacial score (nSPS) is 8.00. The Hall–Kier alpha value is -2.15.